The Kier molecular flexibility index (Phi) is 23.3. The van der Waals surface area contributed by atoms with Crippen LogP contribution in [-0.4, -0.2) is 104 Å². The summed E-state index contributed by atoms with van der Waals surface area (Å²) in [5.41, 5.74) is 5.85. The minimum atomic E-state index is -4.94. The van der Waals surface area contributed by atoms with E-state index < -0.39 is 53.5 Å². The summed E-state index contributed by atoms with van der Waals surface area (Å²) in [6, 6.07) is 21.3. The van der Waals surface area contributed by atoms with Gasteiger partial charge in [0.2, 0.25) is 0 Å². The number of halogens is 9. The van der Waals surface area contributed by atoms with E-state index in [-0.39, 0.29) is 67.6 Å². The Balaban J connectivity index is 0.000000283. The summed E-state index contributed by atoms with van der Waals surface area (Å²) in [4.78, 5) is 38.1. The zero-order chi connectivity index (χ0) is 54.4. The number of alkyl halides is 9. The molecule has 0 spiro atoms. The Morgan fingerprint density at radius 1 is 0.622 bits per heavy atom. The Morgan fingerprint density at radius 2 is 1.00 bits per heavy atom. The van der Waals surface area contributed by atoms with Gasteiger partial charge in [-0.15, -0.1) is 34.0 Å². The second-order valence-electron chi connectivity index (χ2n) is 14.9. The summed E-state index contributed by atoms with van der Waals surface area (Å²) in [7, 11) is 0. The summed E-state index contributed by atoms with van der Waals surface area (Å²) in [6.45, 7) is 14.1. The average Bonchev–Trinajstić information content (AvgIpc) is 4.19. The molecule has 7 rings (SSSR count). The molecule has 0 bridgehead atoms. The predicted octanol–water partition coefficient (Wildman–Crippen LogP) is 12.1. The van der Waals surface area contributed by atoms with E-state index in [1.165, 1.54) is 23.9 Å². The summed E-state index contributed by atoms with van der Waals surface area (Å²) in [5.74, 6) is -4.48. The van der Waals surface area contributed by atoms with Crippen molar-refractivity contribution in [3.8, 4) is 23.3 Å². The van der Waals surface area contributed by atoms with Gasteiger partial charge in [0.25, 0.3) is 23.5 Å². The number of aliphatic hydroxyl groups is 4. The monoisotopic (exact) mass is 1230 g/mol. The largest absolute Gasteiger partial charge is 3.00 e. The minimum Gasteiger partial charge on any atom is -0.507 e. The Labute approximate surface area is 462 Å². The Morgan fingerprint density at radius 3 is 1.30 bits per heavy atom. The fourth-order valence-electron chi connectivity index (χ4n) is 5.90. The number of hydrogen-bond donors (Lipinski definition) is 4. The zero-order valence-electron chi connectivity index (χ0n) is 39.7. The second-order valence-corrected chi connectivity index (χ2v) is 17.8. The van der Waals surface area contributed by atoms with Crippen LogP contribution in [0.3, 0.4) is 0 Å². The van der Waals surface area contributed by atoms with Gasteiger partial charge in [-0.2, -0.15) is 64.7 Å². The van der Waals surface area contributed by atoms with Gasteiger partial charge in [-0.05, 0) is 118 Å². The van der Waals surface area contributed by atoms with Crippen LogP contribution in [0.4, 0.5) is 45.2 Å². The van der Waals surface area contributed by atoms with Crippen LogP contribution in [0.1, 0.15) is 51.3 Å². The molecule has 7 aromatic rings. The molecule has 0 aliphatic rings. The molecule has 27 heteroatoms. The van der Waals surface area contributed by atoms with Crippen molar-refractivity contribution >= 4 is 68.5 Å². The van der Waals surface area contributed by atoms with Crippen LogP contribution >= 0.6 is 34.0 Å². The van der Waals surface area contributed by atoms with Crippen molar-refractivity contribution in [3.05, 3.63) is 145 Å². The van der Waals surface area contributed by atoms with E-state index in [4.69, 9.17) is 35.4 Å². The first kappa shape index (κ1) is 62.5. The number of ketones is 2. The van der Waals surface area contributed by atoms with Crippen LogP contribution in [0, 0.1) is 68.5 Å². The smallest absolute Gasteiger partial charge is 0.507 e. The number of benzene rings is 1. The number of aryl methyl sites for hydroxylation is 4. The van der Waals surface area contributed by atoms with Crippen LogP contribution in [0.25, 0.3) is 40.6 Å². The van der Waals surface area contributed by atoms with Gasteiger partial charge in [-0.1, -0.05) is 18.2 Å². The van der Waals surface area contributed by atoms with E-state index in [0.29, 0.717) is 23.8 Å². The van der Waals surface area contributed by atoms with Gasteiger partial charge in [0, 0.05) is 47.9 Å². The van der Waals surface area contributed by atoms with Gasteiger partial charge in [0.05, 0.1) is 26.0 Å². The number of aliphatic hydroxyl groups excluding tert-OH is 4. The van der Waals surface area contributed by atoms with Crippen molar-refractivity contribution in [1.82, 2.24) is 34.5 Å². The molecule has 74 heavy (non-hydrogen) atoms. The normalized spacial score (nSPS) is 12.5. The maximum absolute atomic E-state index is 11.8. The number of hydrogen-bond acceptors (Lipinski definition) is 15. The molecule has 1 aromatic carbocycles. The van der Waals surface area contributed by atoms with Crippen LogP contribution < -0.4 is 4.90 Å². The van der Waals surface area contributed by atoms with Crippen LogP contribution in [0.5, 0.6) is 0 Å². The minimum absolute atomic E-state index is 0. The Hall–Kier alpha value is -5.81. The summed E-state index contributed by atoms with van der Waals surface area (Å²) in [6.07, 6.45) is -16.5. The fraction of sp³-hybridized carbons (Fsp3) is 0.255. The molecule has 0 fully saturated rings. The van der Waals surface area contributed by atoms with Crippen LogP contribution in [-0.2, 0) is 9.59 Å². The maximum Gasteiger partial charge on any atom is 3.00 e. The predicted molar refractivity (Wildman–Crippen MR) is 261 cm³/mol. The third-order valence-corrected chi connectivity index (χ3v) is 12.0. The molecule has 1 atom stereocenters. The van der Waals surface area contributed by atoms with Gasteiger partial charge in [0.1, 0.15) is 17.3 Å². The molecule has 1 radical (unpaired) electrons. The quantitative estimate of drug-likeness (QED) is 0.0515. The number of nitrogens with zero attached hydrogens (tertiary/aromatic N) is 8. The summed E-state index contributed by atoms with van der Waals surface area (Å²) < 4.78 is 110. The van der Waals surface area contributed by atoms with Crippen molar-refractivity contribution in [2.75, 3.05) is 18.0 Å². The SMILES string of the molecule is CCN(CC)c1ccc(-c2nc(-n3nc(C)cc3C)nc(-n3nc(C)cc3C)n2)cc1.O=C(C=C(O)c1cccs1)C(F)(F)F.O=C(C=C(O)c1cccs1)C(F)(F)F.OC(=CC(O)C(F)(F)F)c1cccs1.[Nd+3]. The molecule has 0 saturated carbocycles. The first-order chi connectivity index (χ1) is 34.1. The van der Waals surface area contributed by atoms with Crippen molar-refractivity contribution < 1.29 is 110 Å². The maximum atomic E-state index is 11.8. The van der Waals surface area contributed by atoms with Crippen molar-refractivity contribution in [2.24, 2.45) is 0 Å². The topological polar surface area (TPSA) is 193 Å². The number of carbonyl (C=O) groups excluding carboxylic acids is 2. The van der Waals surface area contributed by atoms with Gasteiger partial charge in [-0.3, -0.25) is 9.59 Å². The molecular weight excluding hydrogens is 1180 g/mol. The van der Waals surface area contributed by atoms with Crippen LogP contribution in [0.2, 0.25) is 0 Å². The first-order valence-corrected chi connectivity index (χ1v) is 23.8. The molecule has 6 heterocycles. The zero-order valence-corrected chi connectivity index (χ0v) is 45.4. The van der Waals surface area contributed by atoms with Gasteiger partial charge >= 0.3 is 59.4 Å². The second kappa shape index (κ2) is 27.6. The average molecular weight is 1230 g/mol. The van der Waals surface area contributed by atoms with Gasteiger partial charge in [-0.25, -0.2) is 9.36 Å². The van der Waals surface area contributed by atoms with E-state index in [9.17, 15) is 49.1 Å². The van der Waals surface area contributed by atoms with E-state index in [0.717, 1.165) is 75.4 Å². The van der Waals surface area contributed by atoms with Gasteiger partial charge in [0.15, 0.2) is 11.9 Å². The standard InChI is InChI=1S/C23H28N8.C8H7F3O2S.2C8H5F3O2S.Nd/c1-7-29(8-2)20-11-9-19(10-12-20)21-24-22(30-17(5)13-15(3)27-30)26-23(25-21)31-18(6)14-16(4)28-31;3*9-8(10,11)7(13)4-5(12)6-2-1-3-14-6;/h9-14H,7-8H2,1-6H3;1-4,7,12-13H;2*1-4,12H;/q;;;;+3. The molecule has 0 aliphatic carbocycles. The van der Waals surface area contributed by atoms with Crippen molar-refractivity contribution in [1.29, 1.82) is 0 Å². The molecule has 0 aliphatic heterocycles. The molecule has 6 aromatic heterocycles. The summed E-state index contributed by atoms with van der Waals surface area (Å²) in [5, 5.41) is 49.8. The first-order valence-electron chi connectivity index (χ1n) is 21.1. The number of thiophene rings is 3. The summed E-state index contributed by atoms with van der Waals surface area (Å²) >= 11 is 3.18. The number of carbonyl (C=O) groups is 2. The number of aromatic nitrogens is 7. The van der Waals surface area contributed by atoms with E-state index in [1.807, 2.05) is 39.8 Å². The molecule has 14 nitrogen and oxygen atoms in total. The molecular formula is C47H45F9N8NdO6S3+3. The molecule has 1 unspecified atom stereocenters. The van der Waals surface area contributed by atoms with E-state index in [1.54, 1.807) is 43.7 Å². The third-order valence-electron chi connectivity index (χ3n) is 9.33. The van der Waals surface area contributed by atoms with Crippen molar-refractivity contribution in [2.45, 2.75) is 66.2 Å². The van der Waals surface area contributed by atoms with Crippen molar-refractivity contribution in [3.63, 3.8) is 0 Å². The van der Waals surface area contributed by atoms with E-state index in [2.05, 4.69) is 53.2 Å². The molecule has 391 valence electrons. The Bertz CT molecular complexity index is 2850. The number of allylic oxidation sites excluding steroid dienone is 2. The van der Waals surface area contributed by atoms with E-state index >= 15 is 0 Å². The molecule has 0 amide bonds. The molecule has 4 N–H and O–H groups in total. The number of anilines is 1. The molecule has 0 saturated heterocycles. The van der Waals surface area contributed by atoms with Crippen LogP contribution in [0.15, 0.2) is 107 Å². The number of rotatable bonds is 12. The fourth-order valence-corrected chi connectivity index (χ4v) is 7.83. The third kappa shape index (κ3) is 18.5. The van der Waals surface area contributed by atoms with Gasteiger partial charge < -0.3 is 25.3 Å².